The monoisotopic (exact) mass is 320 g/mol. The molecule has 1 aromatic heterocycles. The summed E-state index contributed by atoms with van der Waals surface area (Å²) in [7, 11) is 3.17. The summed E-state index contributed by atoms with van der Waals surface area (Å²) < 4.78 is 10.4. The van der Waals surface area contributed by atoms with Gasteiger partial charge < -0.3 is 14.8 Å². The third-order valence-corrected chi connectivity index (χ3v) is 3.31. The first-order chi connectivity index (χ1) is 10.6. The normalized spacial score (nSPS) is 10.1. The van der Waals surface area contributed by atoms with Crippen LogP contribution in [0.25, 0.3) is 0 Å². The Morgan fingerprint density at radius 3 is 2.64 bits per heavy atom. The lowest BCUT2D eigenvalue weighted by molar-refractivity contribution is -0.116. The first-order valence-electron chi connectivity index (χ1n) is 6.74. The van der Waals surface area contributed by atoms with Crippen molar-refractivity contribution in [2.24, 2.45) is 0 Å². The number of methoxy groups -OCH3 is 2. The topological polar surface area (TPSA) is 60.5 Å². The lowest BCUT2D eigenvalue weighted by atomic mass is 10.1. The zero-order valence-corrected chi connectivity index (χ0v) is 13.2. The van der Waals surface area contributed by atoms with E-state index in [9.17, 15) is 4.79 Å². The molecule has 1 amide bonds. The number of nitrogens with one attached hydrogen (secondary N) is 1. The van der Waals surface area contributed by atoms with E-state index in [2.05, 4.69) is 10.3 Å². The van der Waals surface area contributed by atoms with E-state index in [0.29, 0.717) is 35.2 Å². The van der Waals surface area contributed by atoms with Crippen molar-refractivity contribution in [3.8, 4) is 11.5 Å². The van der Waals surface area contributed by atoms with Crippen molar-refractivity contribution in [1.82, 2.24) is 4.98 Å². The number of halogens is 1. The number of carbonyl (C=O) groups excluding carboxylic acids is 1. The maximum Gasteiger partial charge on any atom is 0.225 e. The fourth-order valence-corrected chi connectivity index (χ4v) is 2.13. The zero-order valence-electron chi connectivity index (χ0n) is 12.4. The summed E-state index contributed by atoms with van der Waals surface area (Å²) in [5.74, 6) is 1.64. The highest BCUT2D eigenvalue weighted by atomic mass is 35.5. The van der Waals surface area contributed by atoms with Crippen LogP contribution in [0, 0.1) is 0 Å². The minimum atomic E-state index is -0.121. The van der Waals surface area contributed by atoms with Crippen LogP contribution in [-0.2, 0) is 11.2 Å². The smallest absolute Gasteiger partial charge is 0.225 e. The van der Waals surface area contributed by atoms with Crippen molar-refractivity contribution >= 4 is 23.3 Å². The van der Waals surface area contributed by atoms with E-state index in [1.807, 2.05) is 18.2 Å². The van der Waals surface area contributed by atoms with E-state index >= 15 is 0 Å². The number of benzene rings is 1. The summed E-state index contributed by atoms with van der Waals surface area (Å²) in [6, 6.07) is 8.86. The molecule has 0 fully saturated rings. The number of carbonyl (C=O) groups is 1. The van der Waals surface area contributed by atoms with Crippen molar-refractivity contribution < 1.29 is 14.3 Å². The van der Waals surface area contributed by atoms with E-state index in [0.717, 1.165) is 5.56 Å². The molecule has 1 N–H and O–H groups in total. The molecule has 1 heterocycles. The fraction of sp³-hybridized carbons (Fsp3) is 0.250. The van der Waals surface area contributed by atoms with Gasteiger partial charge in [0.15, 0.2) is 11.5 Å². The quantitative estimate of drug-likeness (QED) is 0.887. The number of amides is 1. The lowest BCUT2D eigenvalue weighted by Crippen LogP contribution is -2.13. The Morgan fingerprint density at radius 2 is 1.95 bits per heavy atom. The number of ether oxygens (including phenoxy) is 2. The van der Waals surface area contributed by atoms with Crippen molar-refractivity contribution in [3.05, 3.63) is 47.1 Å². The van der Waals surface area contributed by atoms with Gasteiger partial charge in [0.05, 0.1) is 14.2 Å². The molecule has 22 heavy (non-hydrogen) atoms. The first-order valence-corrected chi connectivity index (χ1v) is 7.12. The Labute approximate surface area is 134 Å². The minimum absolute atomic E-state index is 0.121. The van der Waals surface area contributed by atoms with Crippen LogP contribution in [0.4, 0.5) is 5.82 Å². The molecule has 0 aliphatic rings. The molecule has 116 valence electrons. The maximum absolute atomic E-state index is 11.9. The molecule has 6 heteroatoms. The molecule has 2 aromatic rings. The molecular formula is C16H17ClN2O3. The molecule has 0 aliphatic heterocycles. The standard InChI is InChI=1S/C16H17ClN2O3/c1-21-13-5-3-11(9-14(13)22-2)4-6-16(20)19-15-10-12(17)7-8-18-15/h3,5,7-10H,4,6H2,1-2H3,(H,18,19,20). The van der Waals surface area contributed by atoms with E-state index in [4.69, 9.17) is 21.1 Å². The van der Waals surface area contributed by atoms with E-state index in [1.54, 1.807) is 32.5 Å². The van der Waals surface area contributed by atoms with Gasteiger partial charge in [-0.1, -0.05) is 17.7 Å². The minimum Gasteiger partial charge on any atom is -0.493 e. The van der Waals surface area contributed by atoms with Crippen LogP contribution >= 0.6 is 11.6 Å². The summed E-state index contributed by atoms with van der Waals surface area (Å²) in [5.41, 5.74) is 0.992. The van der Waals surface area contributed by atoms with Crippen molar-refractivity contribution in [2.75, 3.05) is 19.5 Å². The summed E-state index contributed by atoms with van der Waals surface area (Å²) in [4.78, 5) is 16.0. The molecule has 0 radical (unpaired) electrons. The average Bonchev–Trinajstić information content (AvgIpc) is 2.52. The van der Waals surface area contributed by atoms with Crippen LogP contribution in [0.15, 0.2) is 36.5 Å². The molecule has 2 rings (SSSR count). The Hall–Kier alpha value is -2.27. The molecule has 0 saturated carbocycles. The highest BCUT2D eigenvalue weighted by Crippen LogP contribution is 2.28. The van der Waals surface area contributed by atoms with Gasteiger partial charge in [0, 0.05) is 17.6 Å². The second-order valence-corrected chi connectivity index (χ2v) is 5.03. The van der Waals surface area contributed by atoms with Crippen LogP contribution in [0.3, 0.4) is 0 Å². The van der Waals surface area contributed by atoms with Crippen LogP contribution in [0.5, 0.6) is 11.5 Å². The van der Waals surface area contributed by atoms with Crippen LogP contribution < -0.4 is 14.8 Å². The van der Waals surface area contributed by atoms with E-state index < -0.39 is 0 Å². The van der Waals surface area contributed by atoms with Crippen LogP contribution in [0.2, 0.25) is 5.02 Å². The Bertz CT molecular complexity index is 662. The number of hydrogen-bond donors (Lipinski definition) is 1. The van der Waals surface area contributed by atoms with E-state index in [1.165, 1.54) is 0 Å². The summed E-state index contributed by atoms with van der Waals surface area (Å²) in [5, 5.41) is 3.25. The van der Waals surface area contributed by atoms with Gasteiger partial charge in [-0.2, -0.15) is 0 Å². The van der Waals surface area contributed by atoms with Crippen molar-refractivity contribution in [3.63, 3.8) is 0 Å². The van der Waals surface area contributed by atoms with Gasteiger partial charge >= 0.3 is 0 Å². The van der Waals surface area contributed by atoms with Gasteiger partial charge in [0.2, 0.25) is 5.91 Å². The number of aryl methyl sites for hydroxylation is 1. The van der Waals surface area contributed by atoms with Gasteiger partial charge in [0.25, 0.3) is 0 Å². The second-order valence-electron chi connectivity index (χ2n) is 4.60. The first kappa shape index (κ1) is 16.1. The molecule has 5 nitrogen and oxygen atoms in total. The number of pyridine rings is 1. The molecule has 0 bridgehead atoms. The number of hydrogen-bond acceptors (Lipinski definition) is 4. The number of anilines is 1. The molecule has 0 aliphatic carbocycles. The number of rotatable bonds is 6. The third kappa shape index (κ3) is 4.36. The molecular weight excluding hydrogens is 304 g/mol. The summed E-state index contributed by atoms with van der Waals surface area (Å²) in [6.45, 7) is 0. The average molecular weight is 321 g/mol. The van der Waals surface area contributed by atoms with Crippen LogP contribution in [-0.4, -0.2) is 25.1 Å². The summed E-state index contributed by atoms with van der Waals surface area (Å²) in [6.07, 6.45) is 2.47. The number of nitrogens with zero attached hydrogens (tertiary/aromatic N) is 1. The van der Waals surface area contributed by atoms with Gasteiger partial charge in [-0.15, -0.1) is 0 Å². The SMILES string of the molecule is COc1ccc(CCC(=O)Nc2cc(Cl)ccn2)cc1OC. The second kappa shape index (κ2) is 7.66. The molecule has 1 aromatic carbocycles. The maximum atomic E-state index is 11.9. The fourth-order valence-electron chi connectivity index (χ4n) is 1.97. The predicted molar refractivity (Wildman–Crippen MR) is 85.7 cm³/mol. The van der Waals surface area contributed by atoms with Gasteiger partial charge in [-0.3, -0.25) is 4.79 Å². The zero-order chi connectivity index (χ0) is 15.9. The third-order valence-electron chi connectivity index (χ3n) is 3.08. The predicted octanol–water partition coefficient (Wildman–Crippen LogP) is 3.32. The van der Waals surface area contributed by atoms with E-state index in [-0.39, 0.29) is 5.91 Å². The van der Waals surface area contributed by atoms with Gasteiger partial charge in [-0.25, -0.2) is 4.98 Å². The lowest BCUT2D eigenvalue weighted by Gasteiger charge is -2.09. The highest BCUT2D eigenvalue weighted by Gasteiger charge is 2.08. The summed E-state index contributed by atoms with van der Waals surface area (Å²) >= 11 is 5.85. The van der Waals surface area contributed by atoms with Crippen LogP contribution in [0.1, 0.15) is 12.0 Å². The van der Waals surface area contributed by atoms with Gasteiger partial charge in [0.1, 0.15) is 5.82 Å². The van der Waals surface area contributed by atoms with Crippen molar-refractivity contribution in [2.45, 2.75) is 12.8 Å². The molecule has 0 saturated heterocycles. The Kier molecular flexibility index (Phi) is 5.61. The molecule has 0 atom stereocenters. The highest BCUT2D eigenvalue weighted by molar-refractivity contribution is 6.30. The Balaban J connectivity index is 1.93. The van der Waals surface area contributed by atoms with Gasteiger partial charge in [-0.05, 0) is 36.2 Å². The van der Waals surface area contributed by atoms with Crippen molar-refractivity contribution in [1.29, 1.82) is 0 Å². The number of aromatic nitrogens is 1. The molecule has 0 spiro atoms. The largest absolute Gasteiger partial charge is 0.493 e. The Morgan fingerprint density at radius 1 is 1.18 bits per heavy atom. The molecule has 0 unspecified atom stereocenters.